The van der Waals surface area contributed by atoms with Crippen LogP contribution in [0.4, 0.5) is 5.69 Å². The third kappa shape index (κ3) is 4.46. The second-order valence-corrected chi connectivity index (χ2v) is 7.11. The molecule has 2 fully saturated rings. The van der Waals surface area contributed by atoms with Crippen LogP contribution in [-0.4, -0.2) is 68.1 Å². The molecule has 1 atom stereocenters. The van der Waals surface area contributed by atoms with E-state index in [2.05, 4.69) is 33.8 Å². The summed E-state index contributed by atoms with van der Waals surface area (Å²) in [5.41, 5.74) is 1.20. The number of nitrogens with zero attached hydrogens (tertiary/aromatic N) is 3. The Kier molecular flexibility index (Phi) is 6.19. The third-order valence-electron chi connectivity index (χ3n) is 5.57. The zero-order valence-corrected chi connectivity index (χ0v) is 15.6. The summed E-state index contributed by atoms with van der Waals surface area (Å²) >= 11 is 0. The van der Waals surface area contributed by atoms with Gasteiger partial charge in [-0.15, -0.1) is 0 Å². The molecule has 2 aliphatic rings. The van der Waals surface area contributed by atoms with E-state index in [9.17, 15) is 4.79 Å². The Balaban J connectivity index is 1.51. The maximum absolute atomic E-state index is 12.7. The van der Waals surface area contributed by atoms with Gasteiger partial charge >= 0.3 is 0 Å². The molecule has 2 aliphatic heterocycles. The summed E-state index contributed by atoms with van der Waals surface area (Å²) in [5.74, 6) is 1.21. The zero-order chi connectivity index (χ0) is 17.6. The van der Waals surface area contributed by atoms with E-state index in [-0.39, 0.29) is 0 Å². The molecule has 0 bridgehead atoms. The van der Waals surface area contributed by atoms with Gasteiger partial charge in [0, 0.05) is 50.5 Å². The molecule has 5 heteroatoms. The smallest absolute Gasteiger partial charge is 0.236 e. The Bertz CT molecular complexity index is 570. The summed E-state index contributed by atoms with van der Waals surface area (Å²) in [6, 6.07) is 8.68. The number of hydrogen-bond donors (Lipinski definition) is 0. The fraction of sp³-hybridized carbons (Fsp3) is 0.650. The number of rotatable bonds is 5. The minimum Gasteiger partial charge on any atom is -0.497 e. The number of likely N-dealkylation sites (tertiary alicyclic amines) is 1. The lowest BCUT2D eigenvalue weighted by atomic mass is 10.00. The minimum absolute atomic E-state index is 0.321. The van der Waals surface area contributed by atoms with Crippen molar-refractivity contribution in [3.63, 3.8) is 0 Å². The van der Waals surface area contributed by atoms with Crippen LogP contribution in [0.3, 0.4) is 0 Å². The van der Waals surface area contributed by atoms with Crippen LogP contribution in [0.1, 0.15) is 32.6 Å². The number of carbonyl (C=O) groups excluding carboxylic acids is 1. The number of piperidine rings is 1. The molecular weight excluding hydrogens is 314 g/mol. The van der Waals surface area contributed by atoms with Gasteiger partial charge in [-0.1, -0.05) is 13.0 Å². The lowest BCUT2D eigenvalue weighted by molar-refractivity contribution is -0.136. The summed E-state index contributed by atoms with van der Waals surface area (Å²) < 4.78 is 5.32. The molecule has 0 N–H and O–H groups in total. The topological polar surface area (TPSA) is 36.0 Å². The average molecular weight is 345 g/mol. The molecule has 0 aromatic heterocycles. The first-order chi connectivity index (χ1) is 12.2. The summed E-state index contributed by atoms with van der Waals surface area (Å²) in [5, 5.41) is 0. The van der Waals surface area contributed by atoms with E-state index in [1.807, 2.05) is 12.1 Å². The highest BCUT2D eigenvalue weighted by Gasteiger charge is 2.27. The molecule has 1 aromatic rings. The minimum atomic E-state index is 0.321. The van der Waals surface area contributed by atoms with Crippen molar-refractivity contribution < 1.29 is 9.53 Å². The quantitative estimate of drug-likeness (QED) is 0.822. The highest BCUT2D eigenvalue weighted by atomic mass is 16.5. The molecule has 0 spiro atoms. The van der Waals surface area contributed by atoms with Crippen molar-refractivity contribution in [2.24, 2.45) is 0 Å². The number of ether oxygens (including phenoxy) is 1. The highest BCUT2D eigenvalue weighted by Crippen LogP contribution is 2.23. The highest BCUT2D eigenvalue weighted by molar-refractivity contribution is 5.78. The monoisotopic (exact) mass is 345 g/mol. The van der Waals surface area contributed by atoms with Crippen LogP contribution in [0.25, 0.3) is 0 Å². The summed E-state index contributed by atoms with van der Waals surface area (Å²) in [6.45, 7) is 7.50. The number of methoxy groups -OCH3 is 1. The molecule has 3 rings (SSSR count). The molecule has 0 aliphatic carbocycles. The van der Waals surface area contributed by atoms with Gasteiger partial charge in [-0.3, -0.25) is 9.69 Å². The van der Waals surface area contributed by atoms with E-state index in [0.29, 0.717) is 18.5 Å². The molecule has 5 nitrogen and oxygen atoms in total. The number of hydrogen-bond acceptors (Lipinski definition) is 4. The number of anilines is 1. The van der Waals surface area contributed by atoms with Crippen molar-refractivity contribution in [3.8, 4) is 5.75 Å². The second-order valence-electron chi connectivity index (χ2n) is 7.11. The first-order valence-electron chi connectivity index (χ1n) is 9.62. The van der Waals surface area contributed by atoms with Crippen molar-refractivity contribution in [1.82, 2.24) is 9.80 Å². The Hall–Kier alpha value is -1.75. The fourth-order valence-electron chi connectivity index (χ4n) is 4.01. The SMILES string of the molecule is CCC1CCCCN1C(=O)CN1CCN(c2cccc(OC)c2)CC1. The molecule has 2 heterocycles. The fourth-order valence-corrected chi connectivity index (χ4v) is 4.01. The van der Waals surface area contributed by atoms with Crippen molar-refractivity contribution in [2.75, 3.05) is 51.3 Å². The van der Waals surface area contributed by atoms with Crippen molar-refractivity contribution in [2.45, 2.75) is 38.6 Å². The number of piperazine rings is 1. The van der Waals surface area contributed by atoms with Gasteiger partial charge < -0.3 is 14.5 Å². The standard InChI is InChI=1S/C20H31N3O2/c1-3-17-7-4-5-10-23(17)20(24)16-21-11-13-22(14-12-21)18-8-6-9-19(15-18)25-2/h6,8-9,15,17H,3-5,7,10-14,16H2,1-2H3. The van der Waals surface area contributed by atoms with Crippen molar-refractivity contribution in [3.05, 3.63) is 24.3 Å². The van der Waals surface area contributed by atoms with Gasteiger partial charge in [-0.25, -0.2) is 0 Å². The predicted octanol–water partition coefficient (Wildman–Crippen LogP) is 2.61. The Morgan fingerprint density at radius 2 is 1.96 bits per heavy atom. The average Bonchev–Trinajstić information content (AvgIpc) is 2.68. The molecule has 2 saturated heterocycles. The number of amides is 1. The lowest BCUT2D eigenvalue weighted by Crippen LogP contribution is -2.52. The Morgan fingerprint density at radius 3 is 2.68 bits per heavy atom. The zero-order valence-electron chi connectivity index (χ0n) is 15.6. The van der Waals surface area contributed by atoms with Crippen LogP contribution in [0.2, 0.25) is 0 Å². The predicted molar refractivity (Wildman–Crippen MR) is 101 cm³/mol. The maximum atomic E-state index is 12.7. The van der Waals surface area contributed by atoms with Crippen molar-refractivity contribution in [1.29, 1.82) is 0 Å². The largest absolute Gasteiger partial charge is 0.497 e. The van der Waals surface area contributed by atoms with E-state index in [4.69, 9.17) is 4.74 Å². The van der Waals surface area contributed by atoms with E-state index in [1.165, 1.54) is 18.5 Å². The second kappa shape index (κ2) is 8.56. The van der Waals surface area contributed by atoms with Crippen molar-refractivity contribution >= 4 is 11.6 Å². The lowest BCUT2D eigenvalue weighted by Gasteiger charge is -2.39. The van der Waals surface area contributed by atoms with Crippen LogP contribution >= 0.6 is 0 Å². The van der Waals surface area contributed by atoms with Crippen LogP contribution in [0.15, 0.2) is 24.3 Å². The maximum Gasteiger partial charge on any atom is 0.236 e. The van der Waals surface area contributed by atoms with Gasteiger partial charge in [0.2, 0.25) is 5.91 Å². The van der Waals surface area contributed by atoms with Crippen LogP contribution in [0.5, 0.6) is 5.75 Å². The van der Waals surface area contributed by atoms with E-state index < -0.39 is 0 Å². The Morgan fingerprint density at radius 1 is 1.16 bits per heavy atom. The Labute approximate surface area is 151 Å². The molecule has 138 valence electrons. The van der Waals surface area contributed by atoms with Gasteiger partial charge in [0.05, 0.1) is 13.7 Å². The summed E-state index contributed by atoms with van der Waals surface area (Å²) in [7, 11) is 1.70. The molecule has 25 heavy (non-hydrogen) atoms. The van der Waals surface area contributed by atoms with Gasteiger partial charge in [0.1, 0.15) is 5.75 Å². The van der Waals surface area contributed by atoms with Gasteiger partial charge in [-0.2, -0.15) is 0 Å². The normalized spacial score (nSPS) is 22.1. The molecule has 0 saturated carbocycles. The van der Waals surface area contributed by atoms with E-state index in [1.54, 1.807) is 7.11 Å². The van der Waals surface area contributed by atoms with Gasteiger partial charge in [0.15, 0.2) is 0 Å². The molecule has 1 aromatic carbocycles. The number of benzene rings is 1. The summed E-state index contributed by atoms with van der Waals surface area (Å²) in [4.78, 5) is 19.5. The van der Waals surface area contributed by atoms with Crippen LogP contribution < -0.4 is 9.64 Å². The summed E-state index contributed by atoms with van der Waals surface area (Å²) in [6.07, 6.45) is 4.68. The van der Waals surface area contributed by atoms with E-state index in [0.717, 1.165) is 51.3 Å². The first kappa shape index (κ1) is 18.1. The number of carbonyl (C=O) groups is 1. The molecule has 1 unspecified atom stereocenters. The first-order valence-corrected chi connectivity index (χ1v) is 9.62. The molecule has 1 amide bonds. The molecule has 0 radical (unpaired) electrons. The van der Waals surface area contributed by atoms with Gasteiger partial charge in [0.25, 0.3) is 0 Å². The van der Waals surface area contributed by atoms with Crippen LogP contribution in [-0.2, 0) is 4.79 Å². The van der Waals surface area contributed by atoms with Crippen LogP contribution in [0, 0.1) is 0 Å². The van der Waals surface area contributed by atoms with Gasteiger partial charge in [-0.05, 0) is 37.8 Å². The third-order valence-corrected chi connectivity index (χ3v) is 5.57. The molecular formula is C20H31N3O2. The van der Waals surface area contributed by atoms with E-state index >= 15 is 0 Å².